The van der Waals surface area contributed by atoms with E-state index in [1.165, 1.54) is 0 Å². The summed E-state index contributed by atoms with van der Waals surface area (Å²) in [6, 6.07) is 24.0. The Kier molecular flexibility index (Phi) is 4.76. The van der Waals surface area contributed by atoms with Gasteiger partial charge in [-0.15, -0.1) is 0 Å². The number of hydrogen-bond acceptors (Lipinski definition) is 2. The molecule has 0 amide bonds. The molecular weight excluding hydrogens is 294 g/mol. The van der Waals surface area contributed by atoms with Crippen molar-refractivity contribution in [1.82, 2.24) is 0 Å². The van der Waals surface area contributed by atoms with Gasteiger partial charge in [-0.05, 0) is 46.9 Å². The van der Waals surface area contributed by atoms with Gasteiger partial charge in [0.05, 0.1) is 5.69 Å². The zero-order valence-electron chi connectivity index (χ0n) is 14.0. The first-order valence-electron chi connectivity index (χ1n) is 8.16. The Morgan fingerprint density at radius 2 is 1.46 bits per heavy atom. The standard InChI is InChI=1S/C22H21NO/c1-16(2)21-14-18(17-9-5-3-6-10-17)13-19(22(21)24)15-23-20-11-7-4-8-12-20/h3-16,24H,1-2H3. The molecule has 0 saturated carbocycles. The third-order valence-electron chi connectivity index (χ3n) is 4.01. The van der Waals surface area contributed by atoms with E-state index in [2.05, 4.69) is 37.0 Å². The molecule has 0 aliphatic carbocycles. The van der Waals surface area contributed by atoms with Crippen molar-refractivity contribution in [2.45, 2.75) is 19.8 Å². The number of para-hydroxylation sites is 1. The van der Waals surface area contributed by atoms with Crippen LogP contribution in [0, 0.1) is 0 Å². The van der Waals surface area contributed by atoms with Crippen molar-refractivity contribution in [3.05, 3.63) is 83.9 Å². The van der Waals surface area contributed by atoms with Crippen LogP contribution in [0.2, 0.25) is 0 Å². The highest BCUT2D eigenvalue weighted by molar-refractivity contribution is 5.88. The maximum atomic E-state index is 10.6. The highest BCUT2D eigenvalue weighted by Crippen LogP contribution is 2.34. The summed E-state index contributed by atoms with van der Waals surface area (Å²) in [5, 5.41) is 10.6. The van der Waals surface area contributed by atoms with E-state index < -0.39 is 0 Å². The molecule has 0 radical (unpaired) electrons. The van der Waals surface area contributed by atoms with Gasteiger partial charge in [-0.3, -0.25) is 4.99 Å². The van der Waals surface area contributed by atoms with Gasteiger partial charge in [0.2, 0.25) is 0 Å². The van der Waals surface area contributed by atoms with Crippen LogP contribution in [0.5, 0.6) is 5.75 Å². The second-order valence-electron chi connectivity index (χ2n) is 6.12. The molecule has 0 bridgehead atoms. The zero-order valence-corrected chi connectivity index (χ0v) is 14.0. The van der Waals surface area contributed by atoms with Crippen molar-refractivity contribution in [3.63, 3.8) is 0 Å². The number of phenolic OH excluding ortho intramolecular Hbond substituents is 1. The van der Waals surface area contributed by atoms with E-state index in [0.29, 0.717) is 5.75 Å². The van der Waals surface area contributed by atoms with E-state index in [0.717, 1.165) is 27.9 Å². The smallest absolute Gasteiger partial charge is 0.127 e. The van der Waals surface area contributed by atoms with Crippen LogP contribution < -0.4 is 0 Å². The molecule has 0 fully saturated rings. The van der Waals surface area contributed by atoms with Crippen LogP contribution in [0.25, 0.3) is 11.1 Å². The first-order chi connectivity index (χ1) is 11.6. The molecule has 24 heavy (non-hydrogen) atoms. The molecule has 2 heteroatoms. The molecule has 0 aromatic heterocycles. The molecule has 3 aromatic carbocycles. The first-order valence-corrected chi connectivity index (χ1v) is 8.16. The van der Waals surface area contributed by atoms with Crippen molar-refractivity contribution in [2.75, 3.05) is 0 Å². The SMILES string of the molecule is CC(C)c1cc(-c2ccccc2)cc(C=Nc2ccccc2)c1O. The van der Waals surface area contributed by atoms with E-state index in [4.69, 9.17) is 0 Å². The number of phenols is 1. The lowest BCUT2D eigenvalue weighted by atomic mass is 9.93. The highest BCUT2D eigenvalue weighted by atomic mass is 16.3. The second kappa shape index (κ2) is 7.14. The van der Waals surface area contributed by atoms with Gasteiger partial charge in [-0.2, -0.15) is 0 Å². The topological polar surface area (TPSA) is 32.6 Å². The van der Waals surface area contributed by atoms with Gasteiger partial charge in [0, 0.05) is 11.8 Å². The van der Waals surface area contributed by atoms with Crippen molar-refractivity contribution in [1.29, 1.82) is 0 Å². The van der Waals surface area contributed by atoms with Gasteiger partial charge in [0.25, 0.3) is 0 Å². The zero-order chi connectivity index (χ0) is 16.9. The first kappa shape index (κ1) is 16.0. The summed E-state index contributed by atoms with van der Waals surface area (Å²) in [6.07, 6.45) is 1.74. The number of benzene rings is 3. The van der Waals surface area contributed by atoms with Crippen molar-refractivity contribution >= 4 is 11.9 Å². The molecule has 1 N–H and O–H groups in total. The lowest BCUT2D eigenvalue weighted by Gasteiger charge is -2.14. The molecule has 0 saturated heterocycles. The predicted molar refractivity (Wildman–Crippen MR) is 101 cm³/mol. The van der Waals surface area contributed by atoms with Crippen LogP contribution >= 0.6 is 0 Å². The maximum absolute atomic E-state index is 10.6. The van der Waals surface area contributed by atoms with Crippen LogP contribution in [0.3, 0.4) is 0 Å². The number of hydrogen-bond donors (Lipinski definition) is 1. The minimum absolute atomic E-state index is 0.234. The van der Waals surface area contributed by atoms with E-state index in [1.54, 1.807) is 6.21 Å². The Morgan fingerprint density at radius 3 is 2.08 bits per heavy atom. The van der Waals surface area contributed by atoms with Crippen molar-refractivity contribution in [2.24, 2.45) is 4.99 Å². The molecule has 120 valence electrons. The minimum atomic E-state index is 0.234. The summed E-state index contributed by atoms with van der Waals surface area (Å²) in [5.74, 6) is 0.543. The minimum Gasteiger partial charge on any atom is -0.507 e. The highest BCUT2D eigenvalue weighted by Gasteiger charge is 2.12. The molecule has 0 aliphatic rings. The van der Waals surface area contributed by atoms with E-state index >= 15 is 0 Å². The number of aliphatic imine (C=N–C) groups is 1. The molecule has 0 aliphatic heterocycles. The van der Waals surface area contributed by atoms with E-state index in [1.807, 2.05) is 54.6 Å². The van der Waals surface area contributed by atoms with Gasteiger partial charge >= 0.3 is 0 Å². The Balaban J connectivity index is 2.07. The van der Waals surface area contributed by atoms with E-state index in [9.17, 15) is 5.11 Å². The summed E-state index contributed by atoms with van der Waals surface area (Å²) in [7, 11) is 0. The third kappa shape index (κ3) is 3.54. The number of nitrogens with zero attached hydrogens (tertiary/aromatic N) is 1. The molecule has 3 rings (SSSR count). The van der Waals surface area contributed by atoms with Crippen LogP contribution in [0.15, 0.2) is 77.8 Å². The lowest BCUT2D eigenvalue weighted by Crippen LogP contribution is -1.95. The average molecular weight is 315 g/mol. The molecule has 0 unspecified atom stereocenters. The van der Waals surface area contributed by atoms with Gasteiger partial charge in [0.1, 0.15) is 5.75 Å². The Bertz CT molecular complexity index is 837. The van der Waals surface area contributed by atoms with E-state index in [-0.39, 0.29) is 5.92 Å². The van der Waals surface area contributed by atoms with Crippen LogP contribution in [0.4, 0.5) is 5.69 Å². The molecule has 0 spiro atoms. The van der Waals surface area contributed by atoms with Crippen LogP contribution in [-0.4, -0.2) is 11.3 Å². The van der Waals surface area contributed by atoms with Crippen LogP contribution in [0.1, 0.15) is 30.9 Å². The molecular formula is C22H21NO. The largest absolute Gasteiger partial charge is 0.507 e. The fourth-order valence-corrected chi connectivity index (χ4v) is 2.67. The molecule has 0 heterocycles. The normalized spacial score (nSPS) is 11.3. The Morgan fingerprint density at radius 1 is 0.833 bits per heavy atom. The van der Waals surface area contributed by atoms with Gasteiger partial charge in [-0.25, -0.2) is 0 Å². The Hall–Kier alpha value is -2.87. The molecule has 2 nitrogen and oxygen atoms in total. The summed E-state index contributed by atoms with van der Waals surface area (Å²) in [5.41, 5.74) is 4.77. The maximum Gasteiger partial charge on any atom is 0.127 e. The number of aromatic hydroxyl groups is 1. The van der Waals surface area contributed by atoms with Crippen LogP contribution in [-0.2, 0) is 0 Å². The second-order valence-corrected chi connectivity index (χ2v) is 6.12. The average Bonchev–Trinajstić information content (AvgIpc) is 2.62. The summed E-state index contributed by atoms with van der Waals surface area (Å²) < 4.78 is 0. The quantitative estimate of drug-likeness (QED) is 0.594. The summed E-state index contributed by atoms with van der Waals surface area (Å²) in [6.45, 7) is 4.17. The predicted octanol–water partition coefficient (Wildman–Crippen LogP) is 5.93. The Labute approximate surface area is 143 Å². The third-order valence-corrected chi connectivity index (χ3v) is 4.01. The van der Waals surface area contributed by atoms with Gasteiger partial charge in [-0.1, -0.05) is 62.4 Å². The number of rotatable bonds is 4. The van der Waals surface area contributed by atoms with Gasteiger partial charge < -0.3 is 5.11 Å². The fourth-order valence-electron chi connectivity index (χ4n) is 2.67. The summed E-state index contributed by atoms with van der Waals surface area (Å²) >= 11 is 0. The van der Waals surface area contributed by atoms with Crippen molar-refractivity contribution in [3.8, 4) is 16.9 Å². The molecule has 3 aromatic rings. The lowest BCUT2D eigenvalue weighted by molar-refractivity contribution is 0.464. The monoisotopic (exact) mass is 315 g/mol. The summed E-state index contributed by atoms with van der Waals surface area (Å²) in [4.78, 5) is 4.49. The fraction of sp³-hybridized carbons (Fsp3) is 0.136. The van der Waals surface area contributed by atoms with Gasteiger partial charge in [0.15, 0.2) is 0 Å². The molecule has 0 atom stereocenters. The van der Waals surface area contributed by atoms with Crippen molar-refractivity contribution < 1.29 is 5.11 Å².